The molecule has 124 valence electrons. The molecule has 8 nitrogen and oxygen atoms in total. The molecule has 4 rings (SSSR count). The molecular formula is C16H11N5O3S. The topological polar surface area (TPSA) is 113 Å². The number of aromatic amines is 1. The van der Waals surface area contributed by atoms with Crippen LogP contribution in [0.2, 0.25) is 0 Å². The quantitative estimate of drug-likeness (QED) is 0.522. The molecule has 0 aliphatic carbocycles. The maximum Gasteiger partial charge on any atom is 0.302 e. The first-order chi connectivity index (χ1) is 12.2. The largest absolute Gasteiger partial charge is 0.431 e. The molecule has 0 aliphatic rings. The van der Waals surface area contributed by atoms with Gasteiger partial charge in [-0.3, -0.25) is 20.0 Å². The Kier molecular flexibility index (Phi) is 3.75. The normalized spacial score (nSPS) is 10.7. The SMILES string of the molecule is O=C(Nc1ccc2cn[nH]c2c1)c1coc(NC(=O)c2cccs2)n1. The van der Waals surface area contributed by atoms with Crippen molar-refractivity contribution < 1.29 is 14.0 Å². The Balaban J connectivity index is 1.45. The van der Waals surface area contributed by atoms with Gasteiger partial charge >= 0.3 is 6.01 Å². The molecule has 0 unspecified atom stereocenters. The summed E-state index contributed by atoms with van der Waals surface area (Å²) in [6.07, 6.45) is 2.88. The summed E-state index contributed by atoms with van der Waals surface area (Å²) in [5, 5.41) is 14.7. The van der Waals surface area contributed by atoms with Crippen LogP contribution in [0.25, 0.3) is 10.9 Å². The van der Waals surface area contributed by atoms with E-state index in [4.69, 9.17) is 4.42 Å². The molecular weight excluding hydrogens is 342 g/mol. The number of aromatic nitrogens is 3. The number of carbonyl (C=O) groups is 2. The Hall–Kier alpha value is -3.46. The van der Waals surface area contributed by atoms with E-state index in [1.165, 1.54) is 17.6 Å². The number of hydrogen-bond acceptors (Lipinski definition) is 6. The van der Waals surface area contributed by atoms with Crippen LogP contribution in [0, 0.1) is 0 Å². The summed E-state index contributed by atoms with van der Waals surface area (Å²) in [6.45, 7) is 0. The van der Waals surface area contributed by atoms with Gasteiger partial charge in [-0.1, -0.05) is 6.07 Å². The predicted octanol–water partition coefficient (Wildman–Crippen LogP) is 3.12. The first-order valence-corrected chi connectivity index (χ1v) is 8.12. The van der Waals surface area contributed by atoms with Crippen molar-refractivity contribution in [3.05, 3.63) is 58.7 Å². The zero-order chi connectivity index (χ0) is 17.2. The number of carbonyl (C=O) groups excluding carboxylic acids is 2. The molecule has 0 spiro atoms. The number of amides is 2. The number of rotatable bonds is 4. The average molecular weight is 353 g/mol. The van der Waals surface area contributed by atoms with Crippen molar-refractivity contribution in [1.29, 1.82) is 0 Å². The molecule has 0 atom stereocenters. The van der Waals surface area contributed by atoms with Crippen LogP contribution in [0.3, 0.4) is 0 Å². The molecule has 3 N–H and O–H groups in total. The lowest BCUT2D eigenvalue weighted by Crippen LogP contribution is -2.13. The molecule has 3 aromatic heterocycles. The van der Waals surface area contributed by atoms with Gasteiger partial charge in [0.25, 0.3) is 11.8 Å². The molecule has 3 heterocycles. The molecule has 0 saturated carbocycles. The number of benzene rings is 1. The smallest absolute Gasteiger partial charge is 0.302 e. The van der Waals surface area contributed by atoms with E-state index >= 15 is 0 Å². The fourth-order valence-corrected chi connectivity index (χ4v) is 2.83. The van der Waals surface area contributed by atoms with Crippen molar-refractivity contribution in [2.24, 2.45) is 0 Å². The van der Waals surface area contributed by atoms with E-state index in [0.717, 1.165) is 10.9 Å². The van der Waals surface area contributed by atoms with Crippen molar-refractivity contribution >= 4 is 45.8 Å². The summed E-state index contributed by atoms with van der Waals surface area (Å²) in [5.74, 6) is -0.784. The molecule has 9 heteroatoms. The highest BCUT2D eigenvalue weighted by molar-refractivity contribution is 7.12. The van der Waals surface area contributed by atoms with Gasteiger partial charge in [0, 0.05) is 11.1 Å². The number of hydrogen-bond donors (Lipinski definition) is 3. The van der Waals surface area contributed by atoms with Crippen LogP contribution in [0.1, 0.15) is 20.2 Å². The number of fused-ring (bicyclic) bond motifs is 1. The number of anilines is 2. The van der Waals surface area contributed by atoms with Gasteiger partial charge in [0.1, 0.15) is 6.26 Å². The molecule has 25 heavy (non-hydrogen) atoms. The molecule has 4 aromatic rings. The third-order valence-electron chi connectivity index (χ3n) is 3.40. The average Bonchev–Trinajstić information content (AvgIpc) is 3.35. The van der Waals surface area contributed by atoms with Crippen molar-refractivity contribution in [3.8, 4) is 0 Å². The van der Waals surface area contributed by atoms with Crippen LogP contribution in [0.5, 0.6) is 0 Å². The lowest BCUT2D eigenvalue weighted by Gasteiger charge is -2.02. The minimum Gasteiger partial charge on any atom is -0.431 e. The first-order valence-electron chi connectivity index (χ1n) is 7.24. The Morgan fingerprint density at radius 1 is 1.16 bits per heavy atom. The van der Waals surface area contributed by atoms with E-state index in [1.807, 2.05) is 6.07 Å². The fourth-order valence-electron chi connectivity index (χ4n) is 2.21. The third-order valence-corrected chi connectivity index (χ3v) is 4.27. The zero-order valence-electron chi connectivity index (χ0n) is 12.6. The highest BCUT2D eigenvalue weighted by Gasteiger charge is 2.15. The maximum absolute atomic E-state index is 12.2. The summed E-state index contributed by atoms with van der Waals surface area (Å²) in [6, 6.07) is 8.78. The van der Waals surface area contributed by atoms with Gasteiger partial charge in [0.2, 0.25) is 0 Å². The van der Waals surface area contributed by atoms with Crippen LogP contribution in [0.15, 0.2) is 52.6 Å². The Bertz CT molecular complexity index is 1050. The third kappa shape index (κ3) is 3.12. The van der Waals surface area contributed by atoms with Crippen molar-refractivity contribution in [3.63, 3.8) is 0 Å². The van der Waals surface area contributed by atoms with Crippen LogP contribution < -0.4 is 10.6 Å². The lowest BCUT2D eigenvalue weighted by molar-refractivity contribution is 0.101. The first kappa shape index (κ1) is 15.1. The van der Waals surface area contributed by atoms with E-state index in [0.29, 0.717) is 10.6 Å². The van der Waals surface area contributed by atoms with Gasteiger partial charge < -0.3 is 9.73 Å². The van der Waals surface area contributed by atoms with Gasteiger partial charge in [0.05, 0.1) is 16.6 Å². The Labute approximate surface area is 144 Å². The monoisotopic (exact) mass is 353 g/mol. The number of thiophene rings is 1. The standard InChI is InChI=1S/C16H11N5O3S/c22-14(18-10-4-3-9-7-17-21-11(9)6-10)12-8-24-16(19-12)20-15(23)13-2-1-5-25-13/h1-8H,(H,17,21)(H,18,22)(H,19,20,23). The summed E-state index contributed by atoms with van der Waals surface area (Å²) < 4.78 is 5.13. The lowest BCUT2D eigenvalue weighted by atomic mass is 10.2. The van der Waals surface area contributed by atoms with Gasteiger partial charge in [-0.2, -0.15) is 10.1 Å². The second-order valence-electron chi connectivity index (χ2n) is 5.10. The van der Waals surface area contributed by atoms with E-state index in [2.05, 4.69) is 25.8 Å². The molecule has 0 radical (unpaired) electrons. The van der Waals surface area contributed by atoms with Crippen LogP contribution in [-0.2, 0) is 0 Å². The Morgan fingerprint density at radius 3 is 2.92 bits per heavy atom. The van der Waals surface area contributed by atoms with Crippen molar-refractivity contribution in [1.82, 2.24) is 15.2 Å². The number of nitrogens with zero attached hydrogens (tertiary/aromatic N) is 2. The van der Waals surface area contributed by atoms with Crippen LogP contribution >= 0.6 is 11.3 Å². The summed E-state index contributed by atoms with van der Waals surface area (Å²) in [4.78, 5) is 28.7. The van der Waals surface area contributed by atoms with Crippen LogP contribution in [-0.4, -0.2) is 27.0 Å². The Morgan fingerprint density at radius 2 is 2.08 bits per heavy atom. The molecule has 1 aromatic carbocycles. The van der Waals surface area contributed by atoms with E-state index < -0.39 is 5.91 Å². The predicted molar refractivity (Wildman–Crippen MR) is 92.8 cm³/mol. The minimum absolute atomic E-state index is 0.0347. The second kappa shape index (κ2) is 6.21. The maximum atomic E-state index is 12.2. The zero-order valence-corrected chi connectivity index (χ0v) is 13.5. The molecule has 0 bridgehead atoms. The molecule has 0 aliphatic heterocycles. The minimum atomic E-state index is -0.445. The van der Waals surface area contributed by atoms with Crippen LogP contribution in [0.4, 0.5) is 11.7 Å². The van der Waals surface area contributed by atoms with Gasteiger partial charge in [-0.25, -0.2) is 0 Å². The summed E-state index contributed by atoms with van der Waals surface area (Å²) in [5.41, 5.74) is 1.46. The van der Waals surface area contributed by atoms with Crippen molar-refractivity contribution in [2.75, 3.05) is 10.6 Å². The molecule has 0 fully saturated rings. The summed E-state index contributed by atoms with van der Waals surface area (Å²) >= 11 is 1.30. The number of oxazole rings is 1. The van der Waals surface area contributed by atoms with Gasteiger partial charge in [-0.15, -0.1) is 11.3 Å². The molecule has 2 amide bonds. The fraction of sp³-hybridized carbons (Fsp3) is 0. The highest BCUT2D eigenvalue weighted by atomic mass is 32.1. The summed E-state index contributed by atoms with van der Waals surface area (Å²) in [7, 11) is 0. The second-order valence-corrected chi connectivity index (χ2v) is 6.04. The highest BCUT2D eigenvalue weighted by Crippen LogP contribution is 2.18. The van der Waals surface area contributed by atoms with Gasteiger partial charge in [-0.05, 0) is 29.6 Å². The van der Waals surface area contributed by atoms with Crippen molar-refractivity contribution in [2.45, 2.75) is 0 Å². The van der Waals surface area contributed by atoms with E-state index in [1.54, 1.807) is 35.8 Å². The van der Waals surface area contributed by atoms with E-state index in [-0.39, 0.29) is 17.6 Å². The van der Waals surface area contributed by atoms with E-state index in [9.17, 15) is 9.59 Å². The van der Waals surface area contributed by atoms with Gasteiger partial charge in [0.15, 0.2) is 5.69 Å². The number of H-pyrrole nitrogens is 1. The number of nitrogens with one attached hydrogen (secondary N) is 3. The molecule has 0 saturated heterocycles.